The van der Waals surface area contributed by atoms with Gasteiger partial charge in [-0.15, -0.1) is 0 Å². The molecule has 1 amide bonds. The summed E-state index contributed by atoms with van der Waals surface area (Å²) in [6, 6.07) is 5.40. The van der Waals surface area contributed by atoms with Crippen molar-refractivity contribution in [2.24, 2.45) is 10.4 Å². The van der Waals surface area contributed by atoms with Gasteiger partial charge in [0.25, 0.3) is 5.91 Å². The van der Waals surface area contributed by atoms with Crippen LogP contribution in [0.2, 0.25) is 0 Å². The summed E-state index contributed by atoms with van der Waals surface area (Å²) in [4.78, 5) is 18.8. The van der Waals surface area contributed by atoms with Crippen LogP contribution < -0.4 is 9.47 Å². The van der Waals surface area contributed by atoms with Gasteiger partial charge in [0.15, 0.2) is 26.5 Å². The van der Waals surface area contributed by atoms with Gasteiger partial charge in [0.05, 0.1) is 31.8 Å². The van der Waals surface area contributed by atoms with Gasteiger partial charge in [0.2, 0.25) is 0 Å². The van der Waals surface area contributed by atoms with Gasteiger partial charge in [-0.2, -0.15) is 4.99 Å². The van der Waals surface area contributed by atoms with Crippen molar-refractivity contribution in [1.82, 2.24) is 4.90 Å². The van der Waals surface area contributed by atoms with Crippen molar-refractivity contribution >= 4 is 32.7 Å². The zero-order valence-electron chi connectivity index (χ0n) is 16.8. The van der Waals surface area contributed by atoms with E-state index in [1.54, 1.807) is 14.2 Å². The number of rotatable bonds is 4. The fraction of sp³-hybridized carbons (Fsp3) is 0.579. The lowest BCUT2D eigenvalue weighted by Crippen LogP contribution is -2.37. The van der Waals surface area contributed by atoms with E-state index in [1.165, 1.54) is 11.8 Å². The average molecular weight is 427 g/mol. The molecule has 0 N–H and O–H groups in total. The standard InChI is InChI=1S/C19H26N2O5S2/c1-19(2,3)17(22)20-18-21(13-10-28(23,24)11-16(13)27-18)9-12-6-7-14(25-4)15(8-12)26-5/h6-8,13,16H,9-11H2,1-5H3/t13-,16-/m1/s1. The number of thioether (sulfide) groups is 1. The fourth-order valence-corrected chi connectivity index (χ4v) is 7.20. The zero-order valence-corrected chi connectivity index (χ0v) is 18.4. The quantitative estimate of drug-likeness (QED) is 0.730. The topological polar surface area (TPSA) is 85.3 Å². The molecule has 7 nitrogen and oxygen atoms in total. The van der Waals surface area contributed by atoms with Crippen LogP contribution in [-0.4, -0.2) is 61.4 Å². The maximum atomic E-state index is 12.5. The van der Waals surface area contributed by atoms with E-state index in [0.717, 1.165) is 5.56 Å². The SMILES string of the molecule is COc1ccc(CN2C(=NC(=O)C(C)(C)C)S[C@@H]3CS(=O)(=O)C[C@H]32)cc1OC. The summed E-state index contributed by atoms with van der Waals surface area (Å²) in [5.74, 6) is 1.22. The van der Waals surface area contributed by atoms with Gasteiger partial charge < -0.3 is 14.4 Å². The molecule has 2 atom stereocenters. The highest BCUT2D eigenvalue weighted by atomic mass is 32.2. The molecule has 3 rings (SSSR count). The number of benzene rings is 1. The molecule has 0 spiro atoms. The Bertz CT molecular complexity index is 905. The molecule has 9 heteroatoms. The first-order chi connectivity index (χ1) is 13.0. The van der Waals surface area contributed by atoms with Crippen molar-refractivity contribution in [2.75, 3.05) is 25.7 Å². The first-order valence-electron chi connectivity index (χ1n) is 9.02. The molecule has 1 aromatic carbocycles. The van der Waals surface area contributed by atoms with Crippen LogP contribution in [0.5, 0.6) is 11.5 Å². The van der Waals surface area contributed by atoms with E-state index in [9.17, 15) is 13.2 Å². The normalized spacial score (nSPS) is 25.0. The van der Waals surface area contributed by atoms with Gasteiger partial charge >= 0.3 is 0 Å². The van der Waals surface area contributed by atoms with Gasteiger partial charge in [0.1, 0.15) is 0 Å². The molecule has 2 aliphatic heterocycles. The summed E-state index contributed by atoms with van der Waals surface area (Å²) >= 11 is 1.39. The predicted octanol–water partition coefficient (Wildman–Crippen LogP) is 2.35. The first kappa shape index (κ1) is 21.0. The number of amidine groups is 1. The molecule has 2 saturated heterocycles. The number of carbonyl (C=O) groups is 1. The van der Waals surface area contributed by atoms with Crippen LogP contribution in [0, 0.1) is 5.41 Å². The van der Waals surface area contributed by atoms with Crippen LogP contribution in [0.3, 0.4) is 0 Å². The molecule has 0 radical (unpaired) electrons. The van der Waals surface area contributed by atoms with Gasteiger partial charge in [-0.25, -0.2) is 8.42 Å². The number of sulfone groups is 1. The monoisotopic (exact) mass is 426 g/mol. The largest absolute Gasteiger partial charge is 0.493 e. The Morgan fingerprint density at radius 1 is 1.21 bits per heavy atom. The lowest BCUT2D eigenvalue weighted by molar-refractivity contribution is -0.124. The summed E-state index contributed by atoms with van der Waals surface area (Å²) in [7, 11) is 0.0645. The second-order valence-corrected chi connectivity index (χ2v) is 11.4. The molecule has 2 heterocycles. The van der Waals surface area contributed by atoms with E-state index in [2.05, 4.69) is 4.99 Å². The van der Waals surface area contributed by atoms with E-state index in [-0.39, 0.29) is 28.7 Å². The molecule has 1 aromatic rings. The van der Waals surface area contributed by atoms with Crippen LogP contribution in [0.4, 0.5) is 0 Å². The lowest BCUT2D eigenvalue weighted by Gasteiger charge is -2.25. The van der Waals surface area contributed by atoms with Gasteiger partial charge in [-0.1, -0.05) is 38.6 Å². The molecule has 0 bridgehead atoms. The maximum absolute atomic E-state index is 12.5. The third kappa shape index (κ3) is 4.30. The van der Waals surface area contributed by atoms with Gasteiger partial charge in [-0.05, 0) is 17.7 Å². The van der Waals surface area contributed by atoms with Crippen molar-refractivity contribution in [3.8, 4) is 11.5 Å². The van der Waals surface area contributed by atoms with Crippen LogP contribution in [0.25, 0.3) is 0 Å². The van der Waals surface area contributed by atoms with Gasteiger partial charge in [-0.3, -0.25) is 4.79 Å². The predicted molar refractivity (Wildman–Crippen MR) is 111 cm³/mol. The van der Waals surface area contributed by atoms with Gasteiger partial charge in [0, 0.05) is 17.2 Å². The van der Waals surface area contributed by atoms with Crippen molar-refractivity contribution in [3.63, 3.8) is 0 Å². The third-order valence-electron chi connectivity index (χ3n) is 4.81. The number of amides is 1. The summed E-state index contributed by atoms with van der Waals surface area (Å²) in [6.45, 7) is 5.91. The molecular formula is C19H26N2O5S2. The first-order valence-corrected chi connectivity index (χ1v) is 11.7. The number of hydrogen-bond donors (Lipinski definition) is 0. The zero-order chi connectivity index (χ0) is 20.7. The summed E-state index contributed by atoms with van der Waals surface area (Å²) < 4.78 is 34.9. The van der Waals surface area contributed by atoms with E-state index in [1.807, 2.05) is 43.9 Å². The summed E-state index contributed by atoms with van der Waals surface area (Å²) in [6.07, 6.45) is 0. The third-order valence-corrected chi connectivity index (χ3v) is 8.06. The molecule has 154 valence electrons. The maximum Gasteiger partial charge on any atom is 0.253 e. The van der Waals surface area contributed by atoms with E-state index < -0.39 is 15.3 Å². The Labute approximate surface area is 170 Å². The number of ether oxygens (including phenoxy) is 2. The molecular weight excluding hydrogens is 400 g/mol. The minimum absolute atomic E-state index is 0.0840. The fourth-order valence-electron chi connectivity index (χ4n) is 3.25. The van der Waals surface area contributed by atoms with Crippen molar-refractivity contribution in [3.05, 3.63) is 23.8 Å². The number of hydrogen-bond acceptors (Lipinski definition) is 6. The molecule has 28 heavy (non-hydrogen) atoms. The molecule has 0 saturated carbocycles. The van der Waals surface area contributed by atoms with Crippen molar-refractivity contribution < 1.29 is 22.7 Å². The smallest absolute Gasteiger partial charge is 0.253 e. The Hall–Kier alpha value is -1.74. The molecule has 0 unspecified atom stereocenters. The number of nitrogens with zero attached hydrogens (tertiary/aromatic N) is 2. The number of fused-ring (bicyclic) bond motifs is 1. The lowest BCUT2D eigenvalue weighted by atomic mass is 9.96. The Morgan fingerprint density at radius 3 is 2.50 bits per heavy atom. The van der Waals surface area contributed by atoms with E-state index >= 15 is 0 Å². The van der Waals surface area contributed by atoms with Crippen molar-refractivity contribution in [1.29, 1.82) is 0 Å². The van der Waals surface area contributed by atoms with Crippen LogP contribution in [0.15, 0.2) is 23.2 Å². The number of aliphatic imine (C=N–C) groups is 1. The second kappa shape index (κ2) is 7.59. The molecule has 2 aliphatic rings. The van der Waals surface area contributed by atoms with E-state index in [4.69, 9.17) is 9.47 Å². The highest BCUT2D eigenvalue weighted by molar-refractivity contribution is 8.15. The second-order valence-electron chi connectivity index (χ2n) is 8.07. The molecule has 2 fully saturated rings. The number of methoxy groups -OCH3 is 2. The van der Waals surface area contributed by atoms with Crippen LogP contribution in [0.1, 0.15) is 26.3 Å². The van der Waals surface area contributed by atoms with Crippen LogP contribution in [-0.2, 0) is 21.2 Å². The molecule has 0 aromatic heterocycles. The van der Waals surface area contributed by atoms with E-state index in [0.29, 0.717) is 23.2 Å². The summed E-state index contributed by atoms with van der Waals surface area (Å²) in [5.41, 5.74) is 0.339. The highest BCUT2D eigenvalue weighted by Gasteiger charge is 2.49. The molecule has 0 aliphatic carbocycles. The Balaban J connectivity index is 1.93. The Kier molecular flexibility index (Phi) is 5.69. The Morgan fingerprint density at radius 2 is 1.89 bits per heavy atom. The minimum atomic E-state index is -3.08. The summed E-state index contributed by atoms with van der Waals surface area (Å²) in [5, 5.41) is 0.497. The van der Waals surface area contributed by atoms with Crippen LogP contribution >= 0.6 is 11.8 Å². The number of carbonyl (C=O) groups excluding carboxylic acids is 1. The minimum Gasteiger partial charge on any atom is -0.493 e. The van der Waals surface area contributed by atoms with Crippen molar-refractivity contribution in [2.45, 2.75) is 38.6 Å². The highest BCUT2D eigenvalue weighted by Crippen LogP contribution is 2.40. The average Bonchev–Trinajstić information content (AvgIpc) is 3.06.